The summed E-state index contributed by atoms with van der Waals surface area (Å²) in [5.41, 5.74) is 2.05. The first-order valence-corrected chi connectivity index (χ1v) is 6.01. The molecule has 1 unspecified atom stereocenters. The minimum absolute atomic E-state index is 0.274. The Morgan fingerprint density at radius 3 is 3.11 bits per heavy atom. The smallest absolute Gasteiger partial charge is 0.337 e. The number of imidazole rings is 1. The Morgan fingerprint density at radius 1 is 1.50 bits per heavy atom. The van der Waals surface area contributed by atoms with Gasteiger partial charge in [-0.25, -0.2) is 9.78 Å². The van der Waals surface area contributed by atoms with E-state index in [1.54, 1.807) is 22.7 Å². The molecule has 2 aromatic heterocycles. The molecular weight excluding hydrogens is 232 g/mol. The minimum Gasteiger partial charge on any atom is -0.478 e. The zero-order valence-corrected chi connectivity index (χ0v) is 9.87. The van der Waals surface area contributed by atoms with Gasteiger partial charge in [0.15, 0.2) is 0 Å². The van der Waals surface area contributed by atoms with E-state index >= 15 is 0 Å². The number of rotatable bonds is 3. The summed E-state index contributed by atoms with van der Waals surface area (Å²) >= 11 is 0. The molecule has 5 heteroatoms. The van der Waals surface area contributed by atoms with Crippen LogP contribution in [0, 0.1) is 5.92 Å². The van der Waals surface area contributed by atoms with Crippen molar-refractivity contribution in [2.24, 2.45) is 5.92 Å². The zero-order valence-electron chi connectivity index (χ0n) is 9.87. The molecular formula is C13H14N2O3. The van der Waals surface area contributed by atoms with Crippen LogP contribution in [0.4, 0.5) is 0 Å². The van der Waals surface area contributed by atoms with Crippen molar-refractivity contribution in [2.45, 2.75) is 12.8 Å². The Hall–Kier alpha value is -1.88. The Kier molecular flexibility index (Phi) is 2.76. The van der Waals surface area contributed by atoms with Crippen molar-refractivity contribution in [3.8, 4) is 0 Å². The van der Waals surface area contributed by atoms with Gasteiger partial charge in [0.1, 0.15) is 5.65 Å². The number of aromatic nitrogens is 2. The molecule has 5 nitrogen and oxygen atoms in total. The van der Waals surface area contributed by atoms with Gasteiger partial charge in [-0.15, -0.1) is 0 Å². The van der Waals surface area contributed by atoms with Crippen molar-refractivity contribution in [2.75, 3.05) is 13.2 Å². The van der Waals surface area contributed by atoms with Gasteiger partial charge in [0.2, 0.25) is 0 Å². The third-order valence-electron chi connectivity index (χ3n) is 3.27. The second kappa shape index (κ2) is 4.42. The molecule has 0 spiro atoms. The maximum Gasteiger partial charge on any atom is 0.337 e. The van der Waals surface area contributed by atoms with Crippen LogP contribution < -0.4 is 0 Å². The first-order chi connectivity index (χ1) is 8.72. The minimum atomic E-state index is -0.920. The van der Waals surface area contributed by atoms with Crippen LogP contribution in [0.1, 0.15) is 22.5 Å². The number of carboxylic acid groups (broad SMARTS) is 1. The van der Waals surface area contributed by atoms with E-state index in [0.717, 1.165) is 37.4 Å². The monoisotopic (exact) mass is 246 g/mol. The fourth-order valence-electron chi connectivity index (χ4n) is 2.31. The highest BCUT2D eigenvalue weighted by Gasteiger charge is 2.17. The highest BCUT2D eigenvalue weighted by molar-refractivity contribution is 5.87. The lowest BCUT2D eigenvalue weighted by molar-refractivity contribution is 0.0696. The van der Waals surface area contributed by atoms with Gasteiger partial charge in [-0.3, -0.25) is 0 Å². The Bertz CT molecular complexity index is 585. The van der Waals surface area contributed by atoms with Gasteiger partial charge in [-0.05, 0) is 30.9 Å². The lowest BCUT2D eigenvalue weighted by atomic mass is 10.0. The van der Waals surface area contributed by atoms with Crippen LogP contribution in [-0.2, 0) is 11.2 Å². The summed E-state index contributed by atoms with van der Waals surface area (Å²) in [4.78, 5) is 15.4. The lowest BCUT2D eigenvalue weighted by Gasteiger charge is -2.02. The number of ether oxygens (including phenoxy) is 1. The van der Waals surface area contributed by atoms with Crippen molar-refractivity contribution >= 4 is 11.6 Å². The molecule has 3 heterocycles. The molecule has 0 radical (unpaired) electrons. The molecule has 3 rings (SSSR count). The lowest BCUT2D eigenvalue weighted by Crippen LogP contribution is -2.03. The third-order valence-corrected chi connectivity index (χ3v) is 3.27. The summed E-state index contributed by atoms with van der Waals surface area (Å²) in [5.74, 6) is -0.384. The summed E-state index contributed by atoms with van der Waals surface area (Å²) in [6.45, 7) is 1.63. The number of fused-ring (bicyclic) bond motifs is 1. The fraction of sp³-hybridized carbons (Fsp3) is 0.385. The van der Waals surface area contributed by atoms with Crippen LogP contribution in [0.2, 0.25) is 0 Å². The average molecular weight is 246 g/mol. The third kappa shape index (κ3) is 2.09. The number of hydrogen-bond donors (Lipinski definition) is 1. The van der Waals surface area contributed by atoms with E-state index in [9.17, 15) is 4.79 Å². The van der Waals surface area contributed by atoms with Crippen LogP contribution in [-0.4, -0.2) is 33.7 Å². The van der Waals surface area contributed by atoms with E-state index in [-0.39, 0.29) is 5.56 Å². The highest BCUT2D eigenvalue weighted by Crippen LogP contribution is 2.18. The van der Waals surface area contributed by atoms with Crippen molar-refractivity contribution in [3.63, 3.8) is 0 Å². The maximum absolute atomic E-state index is 10.9. The van der Waals surface area contributed by atoms with Gasteiger partial charge in [-0.1, -0.05) is 0 Å². The van der Waals surface area contributed by atoms with Gasteiger partial charge in [0, 0.05) is 25.6 Å². The van der Waals surface area contributed by atoms with Crippen molar-refractivity contribution < 1.29 is 14.6 Å². The van der Waals surface area contributed by atoms with E-state index in [1.807, 2.05) is 6.20 Å². The molecule has 0 aromatic carbocycles. The van der Waals surface area contributed by atoms with Gasteiger partial charge < -0.3 is 14.2 Å². The molecule has 1 saturated heterocycles. The second-order valence-electron chi connectivity index (χ2n) is 4.65. The number of nitrogens with zero attached hydrogens (tertiary/aromatic N) is 2. The van der Waals surface area contributed by atoms with Crippen LogP contribution >= 0.6 is 0 Å². The van der Waals surface area contributed by atoms with Gasteiger partial charge in [0.05, 0.1) is 11.3 Å². The Morgan fingerprint density at radius 2 is 2.39 bits per heavy atom. The quantitative estimate of drug-likeness (QED) is 0.893. The molecule has 1 N–H and O–H groups in total. The zero-order chi connectivity index (χ0) is 12.5. The highest BCUT2D eigenvalue weighted by atomic mass is 16.5. The van der Waals surface area contributed by atoms with Gasteiger partial charge in [0.25, 0.3) is 0 Å². The molecule has 1 aliphatic heterocycles. The average Bonchev–Trinajstić information content (AvgIpc) is 2.96. The maximum atomic E-state index is 10.9. The van der Waals surface area contributed by atoms with E-state index in [0.29, 0.717) is 5.92 Å². The van der Waals surface area contributed by atoms with E-state index in [4.69, 9.17) is 9.84 Å². The molecule has 0 aliphatic carbocycles. The molecule has 0 amide bonds. The second-order valence-corrected chi connectivity index (χ2v) is 4.65. The van der Waals surface area contributed by atoms with Gasteiger partial charge in [-0.2, -0.15) is 0 Å². The SMILES string of the molecule is O=C(O)c1ccc2nc(CC3CCOC3)cn2c1. The van der Waals surface area contributed by atoms with Crippen molar-refractivity contribution in [1.29, 1.82) is 0 Å². The standard InChI is InChI=1S/C13H14N2O3/c16-13(17)10-1-2-12-14-11(7-15(12)6-10)5-9-3-4-18-8-9/h1-2,6-7,9H,3-5,8H2,(H,16,17). The Labute approximate surface area is 104 Å². The number of aromatic carboxylic acids is 1. The van der Waals surface area contributed by atoms with Crippen LogP contribution in [0.3, 0.4) is 0 Å². The summed E-state index contributed by atoms with van der Waals surface area (Å²) in [7, 11) is 0. The largest absolute Gasteiger partial charge is 0.478 e. The Balaban J connectivity index is 1.87. The summed E-state index contributed by atoms with van der Waals surface area (Å²) in [5, 5.41) is 8.93. The number of hydrogen-bond acceptors (Lipinski definition) is 3. The van der Waals surface area contributed by atoms with Gasteiger partial charge >= 0.3 is 5.97 Å². The normalized spacial score (nSPS) is 19.4. The van der Waals surface area contributed by atoms with Crippen molar-refractivity contribution in [3.05, 3.63) is 35.8 Å². The van der Waals surface area contributed by atoms with E-state index in [1.165, 1.54) is 0 Å². The summed E-state index contributed by atoms with van der Waals surface area (Å²) < 4.78 is 7.11. The number of carboxylic acids is 1. The van der Waals surface area contributed by atoms with Crippen LogP contribution in [0.5, 0.6) is 0 Å². The van der Waals surface area contributed by atoms with Crippen LogP contribution in [0.25, 0.3) is 5.65 Å². The van der Waals surface area contributed by atoms with Crippen LogP contribution in [0.15, 0.2) is 24.5 Å². The molecule has 94 valence electrons. The first kappa shape index (κ1) is 11.2. The van der Waals surface area contributed by atoms with Crippen molar-refractivity contribution in [1.82, 2.24) is 9.38 Å². The molecule has 0 bridgehead atoms. The molecule has 1 fully saturated rings. The summed E-state index contributed by atoms with van der Waals surface area (Å²) in [6, 6.07) is 3.31. The molecule has 2 aromatic rings. The molecule has 1 atom stereocenters. The first-order valence-electron chi connectivity index (χ1n) is 6.01. The van der Waals surface area contributed by atoms with E-state index < -0.39 is 5.97 Å². The predicted molar refractivity (Wildman–Crippen MR) is 64.8 cm³/mol. The summed E-state index contributed by atoms with van der Waals surface area (Å²) in [6.07, 6.45) is 5.47. The van der Waals surface area contributed by atoms with E-state index in [2.05, 4.69) is 4.98 Å². The number of carbonyl (C=O) groups is 1. The number of pyridine rings is 1. The predicted octanol–water partition coefficient (Wildman–Crippen LogP) is 1.61. The molecule has 18 heavy (non-hydrogen) atoms. The molecule has 1 aliphatic rings. The fourth-order valence-corrected chi connectivity index (χ4v) is 2.31. The topological polar surface area (TPSA) is 63.8 Å². The molecule has 0 saturated carbocycles.